The molecule has 0 spiro atoms. The minimum Gasteiger partial charge on any atom is -0.465 e. The maximum atomic E-state index is 10.1. The summed E-state index contributed by atoms with van der Waals surface area (Å²) in [5.74, 6) is 0.542. The number of nitrogens with one attached hydrogen (secondary N) is 1. The molecule has 1 aliphatic rings. The lowest BCUT2D eigenvalue weighted by Crippen LogP contribution is -2.87. The highest BCUT2D eigenvalue weighted by Gasteiger charge is 2.15. The van der Waals surface area contributed by atoms with Crippen LogP contribution in [0.25, 0.3) is 0 Å². The molecule has 0 aromatic rings. The van der Waals surface area contributed by atoms with E-state index in [-0.39, 0.29) is 0 Å². The van der Waals surface area contributed by atoms with Gasteiger partial charge >= 0.3 is 6.09 Å². The Morgan fingerprint density at radius 3 is 3.09 bits per heavy atom. The number of hydrogen-bond donors (Lipinski definition) is 3. The van der Waals surface area contributed by atoms with E-state index in [1.807, 2.05) is 0 Å². The van der Waals surface area contributed by atoms with Gasteiger partial charge in [-0.25, -0.2) is 4.79 Å². The Bertz CT molecular complexity index is 132. The number of amides is 1. The van der Waals surface area contributed by atoms with Gasteiger partial charge in [0.2, 0.25) is 0 Å². The van der Waals surface area contributed by atoms with Crippen molar-refractivity contribution in [3.05, 3.63) is 0 Å². The monoisotopic (exact) mass is 159 g/mol. The molecule has 1 heterocycles. The van der Waals surface area contributed by atoms with Crippen LogP contribution in [0.5, 0.6) is 0 Å². The van der Waals surface area contributed by atoms with Crippen molar-refractivity contribution in [2.75, 3.05) is 19.6 Å². The van der Waals surface area contributed by atoms with Gasteiger partial charge in [-0.05, 0) is 12.8 Å². The molecule has 1 saturated heterocycles. The summed E-state index contributed by atoms with van der Waals surface area (Å²) in [5.41, 5.74) is 0. The predicted octanol–water partition coefficient (Wildman–Crippen LogP) is -0.773. The fraction of sp³-hybridized carbons (Fsp3) is 0.857. The van der Waals surface area contributed by atoms with Gasteiger partial charge in [0.1, 0.15) is 0 Å². The van der Waals surface area contributed by atoms with Gasteiger partial charge in [-0.15, -0.1) is 0 Å². The molecule has 11 heavy (non-hydrogen) atoms. The molecule has 0 aromatic heterocycles. The Morgan fingerprint density at radius 2 is 2.55 bits per heavy atom. The van der Waals surface area contributed by atoms with Crippen molar-refractivity contribution in [2.45, 2.75) is 12.8 Å². The number of hydrogen-bond acceptors (Lipinski definition) is 1. The van der Waals surface area contributed by atoms with Gasteiger partial charge in [0.15, 0.2) is 0 Å². The second-order valence-corrected chi connectivity index (χ2v) is 3.01. The van der Waals surface area contributed by atoms with Crippen LogP contribution in [0.2, 0.25) is 0 Å². The van der Waals surface area contributed by atoms with Gasteiger partial charge in [0.05, 0.1) is 13.1 Å². The van der Waals surface area contributed by atoms with Crippen molar-refractivity contribution in [3.63, 3.8) is 0 Å². The molecule has 0 aliphatic carbocycles. The van der Waals surface area contributed by atoms with Crippen molar-refractivity contribution in [3.8, 4) is 0 Å². The summed E-state index contributed by atoms with van der Waals surface area (Å²) in [4.78, 5) is 10.1. The highest BCUT2D eigenvalue weighted by Crippen LogP contribution is 2.04. The molecule has 64 valence electrons. The molecular weight excluding hydrogens is 144 g/mol. The average molecular weight is 159 g/mol. The Hall–Kier alpha value is -0.770. The molecule has 1 atom stereocenters. The summed E-state index contributed by atoms with van der Waals surface area (Å²) in [6, 6.07) is 0. The Labute approximate surface area is 66.0 Å². The highest BCUT2D eigenvalue weighted by atomic mass is 16.4. The quantitative estimate of drug-likeness (QED) is 0.495. The lowest BCUT2D eigenvalue weighted by molar-refractivity contribution is -0.668. The van der Waals surface area contributed by atoms with E-state index in [1.54, 1.807) is 0 Å². The third-order valence-electron chi connectivity index (χ3n) is 2.06. The predicted molar refractivity (Wildman–Crippen MR) is 40.4 cm³/mol. The fourth-order valence-corrected chi connectivity index (χ4v) is 1.44. The second-order valence-electron chi connectivity index (χ2n) is 3.01. The summed E-state index contributed by atoms with van der Waals surface area (Å²) in [6.45, 7) is 2.88. The minimum atomic E-state index is -0.907. The van der Waals surface area contributed by atoms with Gasteiger partial charge in [-0.1, -0.05) is 0 Å². The number of nitrogens with two attached hydrogens (primary N) is 1. The van der Waals surface area contributed by atoms with Crippen molar-refractivity contribution >= 4 is 6.09 Å². The minimum absolute atomic E-state index is 0.542. The van der Waals surface area contributed by atoms with Crippen LogP contribution >= 0.6 is 0 Å². The first-order chi connectivity index (χ1) is 5.29. The van der Waals surface area contributed by atoms with Crippen LogP contribution < -0.4 is 10.6 Å². The zero-order valence-corrected chi connectivity index (χ0v) is 6.55. The largest absolute Gasteiger partial charge is 0.465 e. The van der Waals surface area contributed by atoms with Gasteiger partial charge in [-0.2, -0.15) is 0 Å². The zero-order chi connectivity index (χ0) is 8.10. The average Bonchev–Trinajstić information content (AvgIpc) is 2.03. The number of rotatable bonds is 2. The number of carbonyl (C=O) groups is 1. The van der Waals surface area contributed by atoms with Gasteiger partial charge in [0, 0.05) is 12.5 Å². The lowest BCUT2D eigenvalue weighted by Gasteiger charge is -2.19. The van der Waals surface area contributed by atoms with Gasteiger partial charge in [-0.3, -0.25) is 0 Å². The molecule has 1 fully saturated rings. The molecule has 4 N–H and O–H groups in total. The van der Waals surface area contributed by atoms with E-state index in [4.69, 9.17) is 5.11 Å². The van der Waals surface area contributed by atoms with Crippen molar-refractivity contribution < 1.29 is 15.2 Å². The van der Waals surface area contributed by atoms with E-state index in [2.05, 4.69) is 10.6 Å². The molecule has 0 radical (unpaired) electrons. The Kier molecular flexibility index (Phi) is 3.16. The third kappa shape index (κ3) is 3.23. The number of quaternary nitrogens is 1. The summed E-state index contributed by atoms with van der Waals surface area (Å²) in [6.07, 6.45) is 1.47. The molecular formula is C7H15N2O2+. The van der Waals surface area contributed by atoms with Gasteiger partial charge in [0.25, 0.3) is 0 Å². The molecule has 4 heteroatoms. The zero-order valence-electron chi connectivity index (χ0n) is 6.55. The first kappa shape index (κ1) is 8.33. The van der Waals surface area contributed by atoms with E-state index in [9.17, 15) is 4.79 Å². The molecule has 1 rings (SSSR count). The Morgan fingerprint density at radius 1 is 1.73 bits per heavy atom. The lowest BCUT2D eigenvalue weighted by atomic mass is 10.00. The van der Waals surface area contributed by atoms with Crippen LogP contribution in [0.4, 0.5) is 4.79 Å². The highest BCUT2D eigenvalue weighted by molar-refractivity contribution is 5.64. The SMILES string of the molecule is O=C(O)NCC1CCC[NH2+]C1. The van der Waals surface area contributed by atoms with Crippen LogP contribution in [0, 0.1) is 5.92 Å². The van der Waals surface area contributed by atoms with E-state index in [0.717, 1.165) is 13.0 Å². The molecule has 1 aliphatic heterocycles. The van der Waals surface area contributed by atoms with Crippen molar-refractivity contribution in [2.24, 2.45) is 5.92 Å². The molecule has 4 nitrogen and oxygen atoms in total. The van der Waals surface area contributed by atoms with Crippen molar-refractivity contribution in [1.82, 2.24) is 5.32 Å². The second kappa shape index (κ2) is 4.18. The maximum absolute atomic E-state index is 10.1. The first-order valence-electron chi connectivity index (χ1n) is 4.07. The molecule has 0 bridgehead atoms. The molecule has 1 amide bonds. The maximum Gasteiger partial charge on any atom is 0.404 e. The van der Waals surface area contributed by atoms with Gasteiger partial charge < -0.3 is 15.7 Å². The van der Waals surface area contributed by atoms with Crippen LogP contribution in [-0.4, -0.2) is 30.8 Å². The van der Waals surface area contributed by atoms with Crippen LogP contribution in [0.3, 0.4) is 0 Å². The number of carboxylic acid groups (broad SMARTS) is 1. The summed E-state index contributed by atoms with van der Waals surface area (Å²) < 4.78 is 0. The van der Waals surface area contributed by atoms with Crippen LogP contribution in [0.15, 0.2) is 0 Å². The van der Waals surface area contributed by atoms with Crippen LogP contribution in [-0.2, 0) is 0 Å². The smallest absolute Gasteiger partial charge is 0.404 e. The summed E-state index contributed by atoms with van der Waals surface area (Å²) in [5, 5.41) is 13.0. The van der Waals surface area contributed by atoms with E-state index in [0.29, 0.717) is 12.5 Å². The summed E-state index contributed by atoms with van der Waals surface area (Å²) in [7, 11) is 0. The van der Waals surface area contributed by atoms with E-state index < -0.39 is 6.09 Å². The summed E-state index contributed by atoms with van der Waals surface area (Å²) >= 11 is 0. The van der Waals surface area contributed by atoms with Crippen molar-refractivity contribution in [1.29, 1.82) is 0 Å². The van der Waals surface area contributed by atoms with E-state index in [1.165, 1.54) is 13.0 Å². The molecule has 0 saturated carbocycles. The van der Waals surface area contributed by atoms with E-state index >= 15 is 0 Å². The van der Waals surface area contributed by atoms with Crippen LogP contribution in [0.1, 0.15) is 12.8 Å². The topological polar surface area (TPSA) is 65.9 Å². The number of piperidine rings is 1. The standard InChI is InChI=1S/C7H14N2O2/c10-7(11)9-5-6-2-1-3-8-4-6/h6,8-9H,1-5H2,(H,10,11)/p+1. The Balaban J connectivity index is 2.09. The first-order valence-corrected chi connectivity index (χ1v) is 4.07. The molecule has 1 unspecified atom stereocenters. The third-order valence-corrected chi connectivity index (χ3v) is 2.06. The fourth-order valence-electron chi connectivity index (χ4n) is 1.44. The molecule has 0 aromatic carbocycles. The normalized spacial score (nSPS) is 24.5.